The highest BCUT2D eigenvalue weighted by molar-refractivity contribution is 7.83. The quantitative estimate of drug-likeness (QED) is 0.476. The Hall–Kier alpha value is -0.750. The SMILES string of the molecule is O=S(=O)(O)N1C=CNC1. The van der Waals surface area contributed by atoms with Crippen LogP contribution in [-0.2, 0) is 10.3 Å². The van der Waals surface area contributed by atoms with Crippen LogP contribution in [0.2, 0.25) is 0 Å². The molecule has 0 amide bonds. The summed E-state index contributed by atoms with van der Waals surface area (Å²) in [6.45, 7) is 0.110. The van der Waals surface area contributed by atoms with E-state index in [1.165, 1.54) is 12.4 Å². The maximum absolute atomic E-state index is 10.2. The van der Waals surface area contributed by atoms with Crippen LogP contribution in [0, 0.1) is 0 Å². The molecule has 0 unspecified atom stereocenters. The Kier molecular flexibility index (Phi) is 1.34. The fraction of sp³-hybridized carbons (Fsp3) is 0.333. The molecule has 0 saturated heterocycles. The van der Waals surface area contributed by atoms with Gasteiger partial charge in [-0.3, -0.25) is 4.55 Å². The van der Waals surface area contributed by atoms with Gasteiger partial charge in [-0.2, -0.15) is 8.42 Å². The third-order valence-corrected chi connectivity index (χ3v) is 1.75. The summed E-state index contributed by atoms with van der Waals surface area (Å²) < 4.78 is 29.6. The zero-order valence-corrected chi connectivity index (χ0v) is 5.30. The number of hydrogen-bond acceptors (Lipinski definition) is 3. The number of rotatable bonds is 1. The third kappa shape index (κ3) is 1.33. The van der Waals surface area contributed by atoms with E-state index in [0.717, 1.165) is 4.31 Å². The van der Waals surface area contributed by atoms with Crippen LogP contribution >= 0.6 is 0 Å². The van der Waals surface area contributed by atoms with Gasteiger partial charge in [0.05, 0.1) is 0 Å². The van der Waals surface area contributed by atoms with Gasteiger partial charge in [0, 0.05) is 12.4 Å². The summed E-state index contributed by atoms with van der Waals surface area (Å²) in [7, 11) is -4.02. The summed E-state index contributed by atoms with van der Waals surface area (Å²) in [5.41, 5.74) is 0. The van der Waals surface area contributed by atoms with E-state index in [1.54, 1.807) is 0 Å². The van der Waals surface area contributed by atoms with Gasteiger partial charge in [-0.15, -0.1) is 0 Å². The molecule has 1 heterocycles. The Morgan fingerprint density at radius 1 is 1.67 bits per heavy atom. The Balaban J connectivity index is 2.76. The van der Waals surface area contributed by atoms with Crippen molar-refractivity contribution in [3.8, 4) is 0 Å². The van der Waals surface area contributed by atoms with E-state index in [4.69, 9.17) is 4.55 Å². The van der Waals surface area contributed by atoms with Crippen LogP contribution in [0.5, 0.6) is 0 Å². The molecule has 5 nitrogen and oxygen atoms in total. The summed E-state index contributed by atoms with van der Waals surface area (Å²) in [5.74, 6) is 0. The topological polar surface area (TPSA) is 69.6 Å². The maximum Gasteiger partial charge on any atom is 0.361 e. The van der Waals surface area contributed by atoms with Crippen molar-refractivity contribution in [1.29, 1.82) is 0 Å². The zero-order valence-electron chi connectivity index (χ0n) is 4.48. The van der Waals surface area contributed by atoms with Crippen LogP contribution in [0.4, 0.5) is 0 Å². The van der Waals surface area contributed by atoms with Gasteiger partial charge in [0.1, 0.15) is 6.67 Å². The highest BCUT2D eigenvalue weighted by Crippen LogP contribution is 1.99. The second kappa shape index (κ2) is 1.89. The van der Waals surface area contributed by atoms with Crippen molar-refractivity contribution in [2.24, 2.45) is 0 Å². The standard InChI is InChI=1S/C3H6N2O3S/c6-9(7,8)5-2-1-4-3-5/h1-2,4H,3H2,(H,6,7,8). The molecule has 0 aromatic carbocycles. The first kappa shape index (κ1) is 6.37. The van der Waals surface area contributed by atoms with Crippen molar-refractivity contribution in [1.82, 2.24) is 9.62 Å². The monoisotopic (exact) mass is 150 g/mol. The highest BCUT2D eigenvalue weighted by Gasteiger charge is 2.15. The van der Waals surface area contributed by atoms with Gasteiger partial charge < -0.3 is 5.32 Å². The number of nitrogens with zero attached hydrogens (tertiary/aromatic N) is 1. The first-order valence-electron chi connectivity index (χ1n) is 2.25. The zero-order chi connectivity index (χ0) is 6.91. The van der Waals surface area contributed by atoms with Crippen molar-refractivity contribution in [3.63, 3.8) is 0 Å². The van der Waals surface area contributed by atoms with Gasteiger partial charge in [0.15, 0.2) is 0 Å². The molecule has 52 valence electrons. The van der Waals surface area contributed by atoms with E-state index in [1.807, 2.05) is 0 Å². The normalized spacial score (nSPS) is 18.1. The van der Waals surface area contributed by atoms with Gasteiger partial charge >= 0.3 is 10.3 Å². The summed E-state index contributed by atoms with van der Waals surface area (Å²) in [6, 6.07) is 0. The van der Waals surface area contributed by atoms with Gasteiger partial charge in [-0.05, 0) is 0 Å². The minimum atomic E-state index is -4.02. The van der Waals surface area contributed by atoms with Gasteiger partial charge in [-0.25, -0.2) is 4.31 Å². The molecule has 0 aromatic rings. The van der Waals surface area contributed by atoms with Gasteiger partial charge in [-0.1, -0.05) is 0 Å². The third-order valence-electron chi connectivity index (χ3n) is 0.902. The predicted molar refractivity (Wildman–Crippen MR) is 30.5 cm³/mol. The summed E-state index contributed by atoms with van der Waals surface area (Å²) in [5, 5.41) is 2.59. The lowest BCUT2D eigenvalue weighted by Gasteiger charge is -2.07. The minimum Gasteiger partial charge on any atom is -0.372 e. The molecule has 0 saturated carbocycles. The first-order chi connectivity index (χ1) is 4.11. The van der Waals surface area contributed by atoms with E-state index < -0.39 is 10.3 Å². The number of hydrogen-bond donors (Lipinski definition) is 2. The Labute approximate surface area is 52.8 Å². The van der Waals surface area contributed by atoms with E-state index in [0.29, 0.717) is 0 Å². The fourth-order valence-electron chi connectivity index (χ4n) is 0.490. The first-order valence-corrected chi connectivity index (χ1v) is 3.65. The fourth-order valence-corrected chi connectivity index (χ4v) is 0.942. The molecular formula is C3H6N2O3S. The number of nitrogens with one attached hydrogen (secondary N) is 1. The van der Waals surface area contributed by atoms with Gasteiger partial charge in [0.25, 0.3) is 0 Å². The van der Waals surface area contributed by atoms with Crippen LogP contribution < -0.4 is 5.32 Å². The Bertz CT molecular complexity index is 219. The molecule has 0 aliphatic carbocycles. The van der Waals surface area contributed by atoms with Crippen LogP contribution in [0.3, 0.4) is 0 Å². The molecule has 0 spiro atoms. The van der Waals surface area contributed by atoms with Crippen molar-refractivity contribution in [2.75, 3.05) is 6.67 Å². The van der Waals surface area contributed by atoms with E-state index in [-0.39, 0.29) is 6.67 Å². The van der Waals surface area contributed by atoms with Crippen LogP contribution in [-0.4, -0.2) is 23.9 Å². The van der Waals surface area contributed by atoms with Crippen molar-refractivity contribution >= 4 is 10.3 Å². The molecule has 0 fully saturated rings. The summed E-state index contributed by atoms with van der Waals surface area (Å²) in [6.07, 6.45) is 2.68. The Morgan fingerprint density at radius 2 is 2.33 bits per heavy atom. The second-order valence-corrected chi connectivity index (χ2v) is 2.91. The van der Waals surface area contributed by atoms with Crippen LogP contribution in [0.1, 0.15) is 0 Å². The smallest absolute Gasteiger partial charge is 0.361 e. The van der Waals surface area contributed by atoms with Crippen LogP contribution in [0.15, 0.2) is 12.4 Å². The molecule has 9 heavy (non-hydrogen) atoms. The van der Waals surface area contributed by atoms with Gasteiger partial charge in [0.2, 0.25) is 0 Å². The molecule has 2 N–H and O–H groups in total. The van der Waals surface area contributed by atoms with Crippen molar-refractivity contribution in [2.45, 2.75) is 0 Å². The highest BCUT2D eigenvalue weighted by atomic mass is 32.2. The summed E-state index contributed by atoms with van der Waals surface area (Å²) >= 11 is 0. The van der Waals surface area contributed by atoms with E-state index in [2.05, 4.69) is 5.32 Å². The predicted octanol–water partition coefficient (Wildman–Crippen LogP) is -0.877. The lowest BCUT2D eigenvalue weighted by Crippen LogP contribution is -2.26. The Morgan fingerprint density at radius 3 is 2.56 bits per heavy atom. The average Bonchev–Trinajstić information content (AvgIpc) is 2.08. The molecule has 0 aromatic heterocycles. The van der Waals surface area contributed by atoms with E-state index in [9.17, 15) is 8.42 Å². The average molecular weight is 150 g/mol. The van der Waals surface area contributed by atoms with Crippen molar-refractivity contribution in [3.05, 3.63) is 12.4 Å². The minimum absolute atomic E-state index is 0.110. The maximum atomic E-state index is 10.2. The van der Waals surface area contributed by atoms with Crippen LogP contribution in [0.25, 0.3) is 0 Å². The molecule has 0 bridgehead atoms. The molecule has 1 aliphatic rings. The largest absolute Gasteiger partial charge is 0.372 e. The lowest BCUT2D eigenvalue weighted by molar-refractivity contribution is 0.410. The van der Waals surface area contributed by atoms with E-state index >= 15 is 0 Å². The molecule has 0 radical (unpaired) electrons. The lowest BCUT2D eigenvalue weighted by atomic mass is 11.0. The molecule has 1 rings (SSSR count). The molecular weight excluding hydrogens is 144 g/mol. The summed E-state index contributed by atoms with van der Waals surface area (Å²) in [4.78, 5) is 0. The van der Waals surface area contributed by atoms with Crippen molar-refractivity contribution < 1.29 is 13.0 Å². The molecule has 6 heteroatoms. The molecule has 1 aliphatic heterocycles. The second-order valence-electron chi connectivity index (χ2n) is 1.54. The molecule has 0 atom stereocenters.